The molecule has 0 aliphatic rings. The van der Waals surface area contributed by atoms with Crippen molar-refractivity contribution in [3.63, 3.8) is 0 Å². The number of aromatic hydroxyl groups is 1. The number of phenols is 1. The highest BCUT2D eigenvalue weighted by molar-refractivity contribution is 6.29. The molecule has 2 rings (SSSR count). The van der Waals surface area contributed by atoms with Gasteiger partial charge in [0.05, 0.1) is 5.56 Å². The molecule has 5 nitrogen and oxygen atoms in total. The maximum atomic E-state index is 11.7. The fourth-order valence-electron chi connectivity index (χ4n) is 1.33. The first-order valence-electron chi connectivity index (χ1n) is 5.14. The molecule has 0 saturated carbocycles. The molecular weight excluding hydrogens is 254 g/mol. The van der Waals surface area contributed by atoms with Crippen LogP contribution in [0.4, 0.5) is 5.82 Å². The van der Waals surface area contributed by atoms with Gasteiger partial charge in [0.2, 0.25) is 0 Å². The first-order chi connectivity index (χ1) is 8.66. The molecule has 0 saturated heterocycles. The lowest BCUT2D eigenvalue weighted by atomic mass is 10.2. The van der Waals surface area contributed by atoms with E-state index in [1.165, 1.54) is 12.1 Å². The Balaban J connectivity index is 2.03. The third-order valence-electron chi connectivity index (χ3n) is 2.17. The van der Waals surface area contributed by atoms with Crippen molar-refractivity contribution in [2.45, 2.75) is 0 Å². The summed E-state index contributed by atoms with van der Waals surface area (Å²) in [6.07, 6.45) is 0. The molecule has 0 aliphatic heterocycles. The number of hydrogen-bond donors (Lipinski definition) is 3. The Kier molecular flexibility index (Phi) is 3.64. The number of phenolic OH excluding ortho intramolecular Hbond substituents is 1. The molecule has 2 aromatic rings. The molecular formula is C12H10ClN3O2. The smallest absolute Gasteiger partial charge is 0.273 e. The van der Waals surface area contributed by atoms with Gasteiger partial charge in [-0.25, -0.2) is 4.98 Å². The number of hydrazine groups is 1. The maximum absolute atomic E-state index is 11.7. The predicted octanol–water partition coefficient (Wildman–Crippen LogP) is 2.20. The van der Waals surface area contributed by atoms with Crippen molar-refractivity contribution in [2.75, 3.05) is 5.43 Å². The van der Waals surface area contributed by atoms with Crippen molar-refractivity contribution in [1.29, 1.82) is 0 Å². The largest absolute Gasteiger partial charge is 0.507 e. The Morgan fingerprint density at radius 3 is 2.67 bits per heavy atom. The number of nitrogens with one attached hydrogen (secondary N) is 2. The topological polar surface area (TPSA) is 74.2 Å². The summed E-state index contributed by atoms with van der Waals surface area (Å²) < 4.78 is 0. The number of nitrogens with zero attached hydrogens (tertiary/aromatic N) is 1. The number of benzene rings is 1. The van der Waals surface area contributed by atoms with Crippen molar-refractivity contribution in [3.05, 3.63) is 53.2 Å². The average Bonchev–Trinajstić information content (AvgIpc) is 2.37. The standard InChI is InChI=1S/C12H10ClN3O2/c13-10-6-3-7-11(14-10)15-16-12(18)8-4-1-2-5-9(8)17/h1-7,17H,(H,14,15)(H,16,18). The number of aromatic nitrogens is 1. The van der Waals surface area contributed by atoms with Gasteiger partial charge in [-0.15, -0.1) is 0 Å². The van der Waals surface area contributed by atoms with Crippen LogP contribution in [0.3, 0.4) is 0 Å². The second-order valence-corrected chi connectivity index (χ2v) is 3.83. The Morgan fingerprint density at radius 1 is 1.17 bits per heavy atom. The van der Waals surface area contributed by atoms with Crippen LogP contribution in [0.15, 0.2) is 42.5 Å². The highest BCUT2D eigenvalue weighted by Crippen LogP contribution is 2.15. The third-order valence-corrected chi connectivity index (χ3v) is 2.38. The normalized spacial score (nSPS) is 9.83. The molecule has 1 aromatic carbocycles. The summed E-state index contributed by atoms with van der Waals surface area (Å²) in [5.74, 6) is -0.142. The second kappa shape index (κ2) is 5.37. The molecule has 6 heteroatoms. The number of anilines is 1. The molecule has 3 N–H and O–H groups in total. The first-order valence-corrected chi connectivity index (χ1v) is 5.51. The van der Waals surface area contributed by atoms with Crippen LogP contribution in [0.1, 0.15) is 10.4 Å². The fraction of sp³-hybridized carbons (Fsp3) is 0. The van der Waals surface area contributed by atoms with Gasteiger partial charge in [-0.2, -0.15) is 0 Å². The van der Waals surface area contributed by atoms with E-state index in [1.54, 1.807) is 30.3 Å². The van der Waals surface area contributed by atoms with Crippen LogP contribution in [-0.4, -0.2) is 16.0 Å². The van der Waals surface area contributed by atoms with E-state index in [-0.39, 0.29) is 11.3 Å². The van der Waals surface area contributed by atoms with E-state index < -0.39 is 5.91 Å². The number of pyridine rings is 1. The lowest BCUT2D eigenvalue weighted by molar-refractivity contribution is 0.0960. The number of halogens is 1. The molecule has 0 radical (unpaired) electrons. The number of para-hydroxylation sites is 1. The van der Waals surface area contributed by atoms with Gasteiger partial charge in [-0.3, -0.25) is 15.6 Å². The van der Waals surface area contributed by atoms with Crippen LogP contribution in [0.5, 0.6) is 5.75 Å². The zero-order chi connectivity index (χ0) is 13.0. The number of hydrogen-bond acceptors (Lipinski definition) is 4. The van der Waals surface area contributed by atoms with Gasteiger partial charge in [-0.05, 0) is 24.3 Å². The van der Waals surface area contributed by atoms with Crippen LogP contribution in [-0.2, 0) is 0 Å². The fourth-order valence-corrected chi connectivity index (χ4v) is 1.50. The number of carbonyl (C=O) groups excluding carboxylic acids is 1. The third kappa shape index (κ3) is 2.89. The van der Waals surface area contributed by atoms with E-state index in [1.807, 2.05) is 0 Å². The molecule has 0 spiro atoms. The van der Waals surface area contributed by atoms with E-state index in [9.17, 15) is 9.90 Å². The van der Waals surface area contributed by atoms with Crippen LogP contribution >= 0.6 is 11.6 Å². The summed E-state index contributed by atoms with van der Waals surface area (Å²) in [6, 6.07) is 11.2. The molecule has 0 atom stereocenters. The van der Waals surface area contributed by atoms with Crippen LogP contribution in [0, 0.1) is 0 Å². The Bertz CT molecular complexity index is 575. The molecule has 92 valence electrons. The quantitative estimate of drug-likeness (QED) is 0.586. The van der Waals surface area contributed by atoms with E-state index in [0.717, 1.165) is 0 Å². The van der Waals surface area contributed by atoms with Crippen LogP contribution in [0.25, 0.3) is 0 Å². The first kappa shape index (κ1) is 12.2. The highest BCUT2D eigenvalue weighted by Gasteiger charge is 2.09. The lowest BCUT2D eigenvalue weighted by Gasteiger charge is -2.08. The summed E-state index contributed by atoms with van der Waals surface area (Å²) >= 11 is 5.70. The van der Waals surface area contributed by atoms with Crippen molar-refractivity contribution in [2.24, 2.45) is 0 Å². The monoisotopic (exact) mass is 263 g/mol. The summed E-state index contributed by atoms with van der Waals surface area (Å²) in [7, 11) is 0. The van der Waals surface area contributed by atoms with Crippen molar-refractivity contribution in [1.82, 2.24) is 10.4 Å². The van der Waals surface area contributed by atoms with Gasteiger partial charge >= 0.3 is 0 Å². The zero-order valence-electron chi connectivity index (χ0n) is 9.22. The summed E-state index contributed by atoms with van der Waals surface area (Å²) in [6.45, 7) is 0. The van der Waals surface area contributed by atoms with Gasteiger partial charge in [0.15, 0.2) is 0 Å². The lowest BCUT2D eigenvalue weighted by Crippen LogP contribution is -2.29. The van der Waals surface area contributed by atoms with E-state index in [4.69, 9.17) is 11.6 Å². The van der Waals surface area contributed by atoms with E-state index in [0.29, 0.717) is 11.0 Å². The Hall–Kier alpha value is -2.27. The summed E-state index contributed by atoms with van der Waals surface area (Å²) in [5.41, 5.74) is 5.19. The van der Waals surface area contributed by atoms with Gasteiger partial charge < -0.3 is 5.11 Å². The predicted molar refractivity (Wildman–Crippen MR) is 68.4 cm³/mol. The molecule has 1 aromatic heterocycles. The van der Waals surface area contributed by atoms with E-state index in [2.05, 4.69) is 15.8 Å². The molecule has 18 heavy (non-hydrogen) atoms. The second-order valence-electron chi connectivity index (χ2n) is 3.44. The number of rotatable bonds is 3. The van der Waals surface area contributed by atoms with Gasteiger partial charge in [0.1, 0.15) is 16.7 Å². The van der Waals surface area contributed by atoms with Gasteiger partial charge in [-0.1, -0.05) is 29.8 Å². The SMILES string of the molecule is O=C(NNc1cccc(Cl)n1)c1ccccc1O. The van der Waals surface area contributed by atoms with Gasteiger partial charge in [0.25, 0.3) is 5.91 Å². The van der Waals surface area contributed by atoms with Gasteiger partial charge in [0, 0.05) is 0 Å². The van der Waals surface area contributed by atoms with Crippen molar-refractivity contribution < 1.29 is 9.90 Å². The number of carbonyl (C=O) groups is 1. The van der Waals surface area contributed by atoms with E-state index >= 15 is 0 Å². The van der Waals surface area contributed by atoms with Crippen LogP contribution in [0.2, 0.25) is 5.15 Å². The van der Waals surface area contributed by atoms with Crippen molar-refractivity contribution in [3.8, 4) is 5.75 Å². The highest BCUT2D eigenvalue weighted by atomic mass is 35.5. The zero-order valence-corrected chi connectivity index (χ0v) is 9.98. The minimum absolute atomic E-state index is 0.0872. The molecule has 0 aliphatic carbocycles. The molecule has 0 fully saturated rings. The Morgan fingerprint density at radius 2 is 1.94 bits per heavy atom. The molecule has 1 heterocycles. The molecule has 1 amide bonds. The molecule has 0 bridgehead atoms. The minimum atomic E-state index is -0.463. The van der Waals surface area contributed by atoms with Crippen molar-refractivity contribution >= 4 is 23.3 Å². The van der Waals surface area contributed by atoms with Crippen LogP contribution < -0.4 is 10.9 Å². The average molecular weight is 264 g/mol. The molecule has 0 unspecified atom stereocenters. The summed E-state index contributed by atoms with van der Waals surface area (Å²) in [5, 5.41) is 9.81. The number of amides is 1. The maximum Gasteiger partial charge on any atom is 0.273 e. The minimum Gasteiger partial charge on any atom is -0.507 e. The Labute approximate surface area is 108 Å². The summed E-state index contributed by atoms with van der Waals surface area (Å²) in [4.78, 5) is 15.7.